The van der Waals surface area contributed by atoms with Gasteiger partial charge in [0.05, 0.1) is 17.7 Å². The summed E-state index contributed by atoms with van der Waals surface area (Å²) < 4.78 is 6.74. The van der Waals surface area contributed by atoms with Crippen LogP contribution in [0.25, 0.3) is 6.08 Å². The van der Waals surface area contributed by atoms with Crippen LogP contribution in [-0.2, 0) is 4.79 Å². The van der Waals surface area contributed by atoms with Crippen LogP contribution in [0.2, 0.25) is 5.02 Å². The second-order valence-electron chi connectivity index (χ2n) is 4.88. The number of methoxy groups -OCH3 is 1. The van der Waals surface area contributed by atoms with Crippen molar-refractivity contribution < 1.29 is 9.53 Å². The van der Waals surface area contributed by atoms with Crippen LogP contribution in [0.5, 0.6) is 5.75 Å². The van der Waals surface area contributed by atoms with E-state index >= 15 is 0 Å². The van der Waals surface area contributed by atoms with E-state index in [1.165, 1.54) is 16.7 Å². The molecule has 3 rings (SSSR count). The van der Waals surface area contributed by atoms with Gasteiger partial charge in [-0.05, 0) is 48.5 Å². The first-order valence-corrected chi connectivity index (χ1v) is 9.26. The lowest BCUT2D eigenvalue weighted by molar-refractivity contribution is -0.113. The Hall–Kier alpha value is -1.34. The molecule has 1 heterocycles. The zero-order valence-electron chi connectivity index (χ0n) is 12.5. The summed E-state index contributed by atoms with van der Waals surface area (Å²) in [5, 5.41) is 0.610. The predicted molar refractivity (Wildman–Crippen MR) is 108 cm³/mol. The smallest absolute Gasteiger partial charge is 0.270 e. The second kappa shape index (κ2) is 7.27. The maximum absolute atomic E-state index is 12.8. The van der Waals surface area contributed by atoms with Gasteiger partial charge in [-0.1, -0.05) is 51.5 Å². The van der Waals surface area contributed by atoms with Crippen LogP contribution < -0.4 is 9.64 Å². The van der Waals surface area contributed by atoms with E-state index in [4.69, 9.17) is 28.6 Å². The lowest BCUT2D eigenvalue weighted by Gasteiger charge is -2.14. The van der Waals surface area contributed by atoms with Gasteiger partial charge in [0.15, 0.2) is 4.32 Å². The topological polar surface area (TPSA) is 29.5 Å². The number of ether oxygens (including phenoxy) is 1. The zero-order chi connectivity index (χ0) is 17.3. The fourth-order valence-electron chi connectivity index (χ4n) is 2.24. The number of halogens is 2. The van der Waals surface area contributed by atoms with Crippen molar-refractivity contribution in [1.82, 2.24) is 0 Å². The van der Waals surface area contributed by atoms with Crippen LogP contribution in [0.1, 0.15) is 5.56 Å². The summed E-state index contributed by atoms with van der Waals surface area (Å²) in [6.45, 7) is 0. The van der Waals surface area contributed by atoms with Gasteiger partial charge in [-0.2, -0.15) is 0 Å². The molecule has 0 aromatic heterocycles. The molecule has 0 radical (unpaired) electrons. The van der Waals surface area contributed by atoms with E-state index in [1.807, 2.05) is 18.2 Å². The van der Waals surface area contributed by atoms with Gasteiger partial charge < -0.3 is 4.74 Å². The van der Waals surface area contributed by atoms with Crippen molar-refractivity contribution in [2.75, 3.05) is 12.0 Å². The highest BCUT2D eigenvalue weighted by Crippen LogP contribution is 2.37. The molecule has 0 unspecified atom stereocenters. The van der Waals surface area contributed by atoms with E-state index in [0.717, 1.165) is 10.0 Å². The summed E-state index contributed by atoms with van der Waals surface area (Å²) in [6.07, 6.45) is 1.79. The van der Waals surface area contributed by atoms with E-state index in [1.54, 1.807) is 37.5 Å². The molecule has 1 fully saturated rings. The number of hydrogen-bond donors (Lipinski definition) is 0. The minimum absolute atomic E-state index is 0.158. The molecular weight excluding hydrogens is 430 g/mol. The first kappa shape index (κ1) is 17.5. The molecule has 2 aromatic carbocycles. The molecule has 1 aliphatic heterocycles. The number of thioether (sulfide) groups is 1. The van der Waals surface area contributed by atoms with E-state index in [2.05, 4.69) is 15.9 Å². The van der Waals surface area contributed by atoms with E-state index in [0.29, 0.717) is 25.7 Å². The van der Waals surface area contributed by atoms with Gasteiger partial charge in [0.2, 0.25) is 0 Å². The van der Waals surface area contributed by atoms with Crippen LogP contribution in [0.15, 0.2) is 51.8 Å². The molecule has 0 bridgehead atoms. The number of thiocarbonyl (C=S) groups is 1. The molecule has 0 aliphatic carbocycles. The number of hydrogen-bond acceptors (Lipinski definition) is 4. The van der Waals surface area contributed by atoms with Gasteiger partial charge in [0.1, 0.15) is 5.75 Å². The molecule has 0 N–H and O–H groups in total. The van der Waals surface area contributed by atoms with Crippen LogP contribution in [-0.4, -0.2) is 17.3 Å². The minimum atomic E-state index is -0.158. The van der Waals surface area contributed by atoms with Gasteiger partial charge in [-0.3, -0.25) is 9.69 Å². The first-order chi connectivity index (χ1) is 11.5. The summed E-state index contributed by atoms with van der Waals surface area (Å²) in [5.74, 6) is 0.532. The Balaban J connectivity index is 1.97. The van der Waals surface area contributed by atoms with Crippen molar-refractivity contribution in [3.63, 3.8) is 0 Å². The Bertz CT molecular complexity index is 852. The molecule has 2 aromatic rings. The molecule has 1 aliphatic rings. The van der Waals surface area contributed by atoms with E-state index < -0.39 is 0 Å². The Labute approximate surface area is 162 Å². The lowest BCUT2D eigenvalue weighted by atomic mass is 10.2. The van der Waals surface area contributed by atoms with E-state index in [9.17, 15) is 4.79 Å². The van der Waals surface area contributed by atoms with Crippen molar-refractivity contribution in [1.29, 1.82) is 0 Å². The third kappa shape index (κ3) is 3.52. The molecule has 0 saturated carbocycles. The van der Waals surface area contributed by atoms with Gasteiger partial charge in [0.25, 0.3) is 5.91 Å². The Kier molecular flexibility index (Phi) is 5.30. The minimum Gasteiger partial charge on any atom is -0.496 e. The average molecular weight is 441 g/mol. The molecule has 0 spiro atoms. The summed E-state index contributed by atoms with van der Waals surface area (Å²) in [4.78, 5) is 14.8. The summed E-state index contributed by atoms with van der Waals surface area (Å²) in [7, 11) is 1.60. The number of anilines is 1. The van der Waals surface area contributed by atoms with Crippen LogP contribution in [0.3, 0.4) is 0 Å². The van der Waals surface area contributed by atoms with Crippen molar-refractivity contribution >= 4 is 73.5 Å². The average Bonchev–Trinajstić information content (AvgIpc) is 2.83. The molecule has 122 valence electrons. The molecule has 1 amide bonds. The van der Waals surface area contributed by atoms with Gasteiger partial charge in [0, 0.05) is 15.1 Å². The SMILES string of the molecule is COc1ccc(Br)cc1C=C1SC(=S)N(c2ccc(Cl)cc2)C1=O. The van der Waals surface area contributed by atoms with Crippen LogP contribution in [0, 0.1) is 0 Å². The molecule has 0 atom stereocenters. The fourth-order valence-corrected chi connectivity index (χ4v) is 4.03. The Morgan fingerprint density at radius 2 is 1.96 bits per heavy atom. The molecule has 3 nitrogen and oxygen atoms in total. The lowest BCUT2D eigenvalue weighted by Crippen LogP contribution is -2.27. The van der Waals surface area contributed by atoms with E-state index in [-0.39, 0.29) is 5.91 Å². The quantitative estimate of drug-likeness (QED) is 0.464. The number of rotatable bonds is 3. The third-order valence-corrected chi connectivity index (χ3v) is 5.40. The number of amides is 1. The van der Waals surface area contributed by atoms with Crippen molar-refractivity contribution in [3.05, 3.63) is 62.4 Å². The zero-order valence-corrected chi connectivity index (χ0v) is 16.4. The summed E-state index contributed by atoms with van der Waals surface area (Å²) in [6, 6.07) is 12.6. The normalized spacial score (nSPS) is 16.1. The molecule has 1 saturated heterocycles. The largest absolute Gasteiger partial charge is 0.496 e. The number of benzene rings is 2. The number of carbonyl (C=O) groups excluding carboxylic acids is 1. The predicted octanol–water partition coefficient (Wildman–Crippen LogP) is 5.52. The number of carbonyl (C=O) groups is 1. The molecule has 24 heavy (non-hydrogen) atoms. The van der Waals surface area contributed by atoms with Gasteiger partial charge in [-0.15, -0.1) is 0 Å². The van der Waals surface area contributed by atoms with Gasteiger partial charge >= 0.3 is 0 Å². The molecule has 7 heteroatoms. The Morgan fingerprint density at radius 1 is 1.25 bits per heavy atom. The Morgan fingerprint density at radius 3 is 2.62 bits per heavy atom. The maximum atomic E-state index is 12.8. The fraction of sp³-hybridized carbons (Fsp3) is 0.0588. The highest BCUT2D eigenvalue weighted by atomic mass is 79.9. The van der Waals surface area contributed by atoms with Crippen molar-refractivity contribution in [2.24, 2.45) is 0 Å². The summed E-state index contributed by atoms with van der Waals surface area (Å²) in [5.41, 5.74) is 1.51. The maximum Gasteiger partial charge on any atom is 0.270 e. The van der Waals surface area contributed by atoms with Crippen molar-refractivity contribution in [3.8, 4) is 5.75 Å². The van der Waals surface area contributed by atoms with Crippen LogP contribution in [0.4, 0.5) is 5.69 Å². The molecular formula is C17H11BrClNO2S2. The second-order valence-corrected chi connectivity index (χ2v) is 7.91. The standard InChI is InChI=1S/C17H11BrClNO2S2/c1-22-14-7-2-11(18)8-10(14)9-15-16(21)20(17(23)24-15)13-5-3-12(19)4-6-13/h2-9H,1H3. The monoisotopic (exact) mass is 439 g/mol. The first-order valence-electron chi connectivity index (χ1n) is 6.86. The van der Waals surface area contributed by atoms with Crippen LogP contribution >= 0.6 is 51.5 Å². The third-order valence-electron chi connectivity index (χ3n) is 3.36. The van der Waals surface area contributed by atoms with Crippen molar-refractivity contribution in [2.45, 2.75) is 0 Å². The van der Waals surface area contributed by atoms with Gasteiger partial charge in [-0.25, -0.2) is 0 Å². The summed E-state index contributed by atoms with van der Waals surface area (Å²) >= 11 is 16.0. The highest BCUT2D eigenvalue weighted by molar-refractivity contribution is 9.10. The highest BCUT2D eigenvalue weighted by Gasteiger charge is 2.33. The number of nitrogens with zero attached hydrogens (tertiary/aromatic N) is 1.